The van der Waals surface area contributed by atoms with Crippen LogP contribution in [-0.2, 0) is 6.54 Å². The second-order valence-corrected chi connectivity index (χ2v) is 11.6. The van der Waals surface area contributed by atoms with Crippen molar-refractivity contribution in [3.8, 4) is 11.1 Å². The Hall–Kier alpha value is -4.11. The summed E-state index contributed by atoms with van der Waals surface area (Å²) in [5.74, 6) is 0.688. The van der Waals surface area contributed by atoms with Crippen molar-refractivity contribution in [3.05, 3.63) is 131 Å². The van der Waals surface area contributed by atoms with Crippen molar-refractivity contribution in [2.75, 3.05) is 0 Å². The van der Waals surface area contributed by atoms with Gasteiger partial charge >= 0.3 is 0 Å². The van der Waals surface area contributed by atoms with Crippen molar-refractivity contribution in [2.45, 2.75) is 60.0 Å². The summed E-state index contributed by atoms with van der Waals surface area (Å²) in [4.78, 5) is 13.5. The van der Waals surface area contributed by atoms with Crippen molar-refractivity contribution in [1.82, 2.24) is 9.88 Å². The van der Waals surface area contributed by atoms with Gasteiger partial charge in [-0.2, -0.15) is 0 Å². The summed E-state index contributed by atoms with van der Waals surface area (Å²) >= 11 is 0. The van der Waals surface area contributed by atoms with Gasteiger partial charge in [-0.25, -0.2) is 0 Å². The van der Waals surface area contributed by atoms with Gasteiger partial charge in [0.2, 0.25) is 0 Å². The van der Waals surface area contributed by atoms with Crippen molar-refractivity contribution >= 4 is 16.8 Å². The maximum atomic E-state index is 13.5. The molecule has 5 rings (SSSR count). The first-order chi connectivity index (χ1) is 19.2. The fourth-order valence-corrected chi connectivity index (χ4v) is 5.58. The van der Waals surface area contributed by atoms with E-state index in [1.54, 1.807) is 0 Å². The van der Waals surface area contributed by atoms with Gasteiger partial charge in [-0.05, 0) is 77.3 Å². The molecule has 1 N–H and O–H groups in total. The van der Waals surface area contributed by atoms with Gasteiger partial charge in [0, 0.05) is 28.7 Å². The smallest absolute Gasteiger partial charge is 0.251 e. The lowest BCUT2D eigenvalue weighted by molar-refractivity contribution is 0.0925. The quantitative estimate of drug-likeness (QED) is 0.214. The molecule has 0 unspecified atom stereocenters. The summed E-state index contributed by atoms with van der Waals surface area (Å²) in [6.45, 7) is 13.8. The van der Waals surface area contributed by atoms with Crippen molar-refractivity contribution in [3.63, 3.8) is 0 Å². The fraction of sp³-hybridized carbons (Fsp3) is 0.270. The monoisotopic (exact) mass is 528 g/mol. The van der Waals surface area contributed by atoms with Gasteiger partial charge in [0.15, 0.2) is 0 Å². The third-order valence-corrected chi connectivity index (χ3v) is 8.19. The summed E-state index contributed by atoms with van der Waals surface area (Å²) in [7, 11) is 0. The number of rotatable bonds is 8. The van der Waals surface area contributed by atoms with E-state index in [0.717, 1.165) is 23.0 Å². The highest BCUT2D eigenvalue weighted by atomic mass is 16.1. The molecule has 0 radical (unpaired) electrons. The number of carbonyl (C=O) groups excluding carboxylic acids is 1. The Morgan fingerprint density at radius 2 is 1.43 bits per heavy atom. The highest BCUT2D eigenvalue weighted by Crippen LogP contribution is 2.29. The lowest BCUT2D eigenvalue weighted by atomic mass is 9.92. The molecule has 5 aromatic rings. The Balaban J connectivity index is 1.39. The number of hydrogen-bond acceptors (Lipinski definition) is 1. The average molecular weight is 529 g/mol. The molecule has 1 atom stereocenters. The van der Waals surface area contributed by atoms with Crippen LogP contribution in [0.1, 0.15) is 78.0 Å². The summed E-state index contributed by atoms with van der Waals surface area (Å²) < 4.78 is 2.36. The minimum absolute atomic E-state index is 0.0307. The molecular formula is C37H40N2O. The molecule has 0 saturated heterocycles. The van der Waals surface area contributed by atoms with E-state index in [4.69, 9.17) is 0 Å². The Kier molecular flexibility index (Phi) is 7.93. The molecule has 0 fully saturated rings. The number of fused-ring (bicyclic) bond motifs is 1. The van der Waals surface area contributed by atoms with Gasteiger partial charge in [-0.1, -0.05) is 107 Å². The van der Waals surface area contributed by atoms with Crippen LogP contribution < -0.4 is 5.32 Å². The lowest BCUT2D eigenvalue weighted by Gasteiger charge is -2.24. The van der Waals surface area contributed by atoms with Crippen LogP contribution >= 0.6 is 0 Å². The van der Waals surface area contributed by atoms with Crippen molar-refractivity contribution < 1.29 is 4.79 Å². The maximum Gasteiger partial charge on any atom is 0.251 e. The lowest BCUT2D eigenvalue weighted by Crippen LogP contribution is -2.31. The third kappa shape index (κ3) is 5.60. The van der Waals surface area contributed by atoms with Gasteiger partial charge in [-0.3, -0.25) is 4.79 Å². The van der Waals surface area contributed by atoms with E-state index in [1.165, 1.54) is 33.5 Å². The number of aromatic nitrogens is 1. The first kappa shape index (κ1) is 27.5. The van der Waals surface area contributed by atoms with Crippen molar-refractivity contribution in [2.24, 2.45) is 5.92 Å². The normalized spacial score (nSPS) is 12.3. The highest BCUT2D eigenvalue weighted by molar-refractivity contribution is 5.99. The minimum Gasteiger partial charge on any atom is -0.345 e. The minimum atomic E-state index is -0.0480. The summed E-state index contributed by atoms with van der Waals surface area (Å²) in [6, 6.07) is 34.0. The summed E-state index contributed by atoms with van der Waals surface area (Å²) in [6.07, 6.45) is 0. The molecule has 1 aromatic heterocycles. The average Bonchev–Trinajstić information content (AvgIpc) is 3.20. The van der Waals surface area contributed by atoms with Crippen LogP contribution in [0.3, 0.4) is 0 Å². The van der Waals surface area contributed by atoms with Gasteiger partial charge in [0.1, 0.15) is 0 Å². The molecule has 0 aliphatic heterocycles. The standard InChI is InChI=1S/C37H40N2O/c1-24(2)31-13-10-14-32(21-31)36(25(3)4)38-37(40)33-19-20-35-34(22-33)26(5)27(6)39(35)23-28-15-17-30(18-16-28)29-11-8-7-9-12-29/h7-22,24-25,36H,23H2,1-6H3,(H,38,40)/t36-/m1/s1. The van der Waals surface area contributed by atoms with E-state index < -0.39 is 0 Å². The predicted molar refractivity (Wildman–Crippen MR) is 168 cm³/mol. The number of carbonyl (C=O) groups is 1. The molecular weight excluding hydrogens is 488 g/mol. The largest absolute Gasteiger partial charge is 0.345 e. The molecule has 0 aliphatic carbocycles. The second-order valence-electron chi connectivity index (χ2n) is 11.6. The zero-order chi connectivity index (χ0) is 28.4. The second kappa shape index (κ2) is 11.6. The molecule has 0 aliphatic rings. The Labute approximate surface area is 238 Å². The van der Waals surface area contributed by atoms with Gasteiger partial charge in [0.25, 0.3) is 5.91 Å². The number of amides is 1. The number of hydrogen-bond donors (Lipinski definition) is 1. The molecule has 204 valence electrons. The van der Waals surface area contributed by atoms with Crippen molar-refractivity contribution in [1.29, 1.82) is 0 Å². The molecule has 0 saturated carbocycles. The molecule has 3 nitrogen and oxygen atoms in total. The number of nitrogens with one attached hydrogen (secondary N) is 1. The van der Waals surface area contributed by atoms with Crippen LogP contribution in [0.15, 0.2) is 97.1 Å². The van der Waals surface area contributed by atoms with E-state index in [2.05, 4.69) is 136 Å². The maximum absolute atomic E-state index is 13.5. The predicted octanol–water partition coefficient (Wildman–Crippen LogP) is 9.22. The van der Waals surface area contributed by atoms with Crippen LogP contribution in [0.4, 0.5) is 0 Å². The highest BCUT2D eigenvalue weighted by Gasteiger charge is 2.21. The van der Waals surface area contributed by atoms with Gasteiger partial charge < -0.3 is 9.88 Å². The van der Waals surface area contributed by atoms with Gasteiger partial charge in [-0.15, -0.1) is 0 Å². The molecule has 1 amide bonds. The van der Waals surface area contributed by atoms with Crippen LogP contribution in [-0.4, -0.2) is 10.5 Å². The zero-order valence-electron chi connectivity index (χ0n) is 24.5. The van der Waals surface area contributed by atoms with Gasteiger partial charge in [0.05, 0.1) is 6.04 Å². The third-order valence-electron chi connectivity index (χ3n) is 8.19. The summed E-state index contributed by atoms with van der Waals surface area (Å²) in [5.41, 5.74) is 10.5. The molecule has 1 heterocycles. The molecule has 40 heavy (non-hydrogen) atoms. The number of benzene rings is 4. The van der Waals surface area contributed by atoms with E-state index in [-0.39, 0.29) is 17.9 Å². The Bertz CT molecular complexity index is 1620. The van der Waals surface area contributed by atoms with E-state index in [1.807, 2.05) is 12.1 Å². The fourth-order valence-electron chi connectivity index (χ4n) is 5.58. The molecule has 4 aromatic carbocycles. The molecule has 3 heteroatoms. The summed E-state index contributed by atoms with van der Waals surface area (Å²) in [5, 5.41) is 4.47. The van der Waals surface area contributed by atoms with Crippen LogP contribution in [0.5, 0.6) is 0 Å². The topological polar surface area (TPSA) is 34.0 Å². The Morgan fingerprint density at radius 1 is 0.750 bits per heavy atom. The molecule has 0 bridgehead atoms. The van der Waals surface area contributed by atoms with E-state index in [0.29, 0.717) is 11.5 Å². The first-order valence-electron chi connectivity index (χ1n) is 14.4. The van der Waals surface area contributed by atoms with Crippen LogP contribution in [0.2, 0.25) is 0 Å². The SMILES string of the molecule is Cc1c(C)n(Cc2ccc(-c3ccccc3)cc2)c2ccc(C(=O)N[C@@H](c3cccc(C(C)C)c3)C(C)C)cc12. The van der Waals surface area contributed by atoms with E-state index in [9.17, 15) is 4.79 Å². The van der Waals surface area contributed by atoms with E-state index >= 15 is 0 Å². The Morgan fingerprint density at radius 3 is 2.10 bits per heavy atom. The number of aryl methyl sites for hydroxylation is 1. The zero-order valence-corrected chi connectivity index (χ0v) is 24.5. The molecule has 0 spiro atoms. The number of nitrogens with zero attached hydrogens (tertiary/aromatic N) is 1. The van der Waals surface area contributed by atoms with Crippen LogP contribution in [0, 0.1) is 19.8 Å². The first-order valence-corrected chi connectivity index (χ1v) is 14.4. The van der Waals surface area contributed by atoms with Crippen LogP contribution in [0.25, 0.3) is 22.0 Å².